The number of carbonyl (C=O) groups is 1. The van der Waals surface area contributed by atoms with Gasteiger partial charge in [0.05, 0.1) is 23.6 Å². The molecule has 1 aliphatic carbocycles. The zero-order valence-electron chi connectivity index (χ0n) is 14.3. The Bertz CT molecular complexity index is 878. The van der Waals surface area contributed by atoms with Crippen molar-refractivity contribution < 1.29 is 13.9 Å². The third kappa shape index (κ3) is 3.22. The van der Waals surface area contributed by atoms with E-state index in [1.807, 2.05) is 61.0 Å². The summed E-state index contributed by atoms with van der Waals surface area (Å²) in [7, 11) is 0. The van der Waals surface area contributed by atoms with Crippen LogP contribution in [-0.2, 0) is 16.1 Å². The second-order valence-corrected chi connectivity index (χ2v) is 6.58. The van der Waals surface area contributed by atoms with Gasteiger partial charge in [0.25, 0.3) is 0 Å². The molecule has 4 rings (SSSR count). The van der Waals surface area contributed by atoms with Crippen LogP contribution in [0.2, 0.25) is 0 Å². The van der Waals surface area contributed by atoms with E-state index >= 15 is 0 Å². The molecule has 1 aromatic carbocycles. The molecule has 3 aromatic rings. The first-order valence-corrected chi connectivity index (χ1v) is 8.44. The summed E-state index contributed by atoms with van der Waals surface area (Å²) < 4.78 is 12.7. The van der Waals surface area contributed by atoms with Crippen LogP contribution < -0.4 is 0 Å². The Labute approximate surface area is 146 Å². The number of carbonyl (C=O) groups excluding carboxylic acids is 1. The molecule has 25 heavy (non-hydrogen) atoms. The maximum Gasteiger partial charge on any atom is 0.310 e. The van der Waals surface area contributed by atoms with E-state index in [0.717, 1.165) is 34.8 Å². The van der Waals surface area contributed by atoms with E-state index in [0.29, 0.717) is 0 Å². The molecule has 5 heteroatoms. The standard InChI is InChI=1S/C20H20N2O3/c1-13-10-14(2)22(21-13)16-7-5-15(6-8-16)12-25-20(23)18-11-17(18)19-4-3-9-24-19/h3-10,17-18H,11-12H2,1-2H3. The predicted octanol–water partition coefficient (Wildman–Crippen LogP) is 3.93. The number of benzene rings is 1. The van der Waals surface area contributed by atoms with Gasteiger partial charge in [0.2, 0.25) is 0 Å². The van der Waals surface area contributed by atoms with Crippen molar-refractivity contribution >= 4 is 5.97 Å². The molecule has 1 saturated carbocycles. The average molecular weight is 336 g/mol. The lowest BCUT2D eigenvalue weighted by molar-refractivity contribution is -0.146. The zero-order chi connectivity index (χ0) is 17.4. The van der Waals surface area contributed by atoms with Gasteiger partial charge in [-0.3, -0.25) is 4.79 Å². The van der Waals surface area contributed by atoms with Crippen molar-refractivity contribution in [1.29, 1.82) is 0 Å². The van der Waals surface area contributed by atoms with Crippen LogP contribution in [0.25, 0.3) is 5.69 Å². The molecule has 0 N–H and O–H groups in total. The number of furan rings is 1. The van der Waals surface area contributed by atoms with Gasteiger partial charge in [-0.2, -0.15) is 5.10 Å². The van der Waals surface area contributed by atoms with Crippen LogP contribution in [0.3, 0.4) is 0 Å². The molecule has 2 heterocycles. The van der Waals surface area contributed by atoms with E-state index in [-0.39, 0.29) is 24.4 Å². The topological polar surface area (TPSA) is 57.3 Å². The summed E-state index contributed by atoms with van der Waals surface area (Å²) in [6.07, 6.45) is 2.45. The summed E-state index contributed by atoms with van der Waals surface area (Å²) in [6.45, 7) is 4.30. The van der Waals surface area contributed by atoms with Gasteiger partial charge < -0.3 is 9.15 Å². The third-order valence-corrected chi connectivity index (χ3v) is 4.57. The molecule has 1 aliphatic rings. The second-order valence-electron chi connectivity index (χ2n) is 6.58. The Morgan fingerprint density at radius 2 is 2.08 bits per heavy atom. The fourth-order valence-electron chi connectivity index (χ4n) is 3.16. The Hall–Kier alpha value is -2.82. The molecule has 128 valence electrons. The molecule has 0 aliphatic heterocycles. The van der Waals surface area contributed by atoms with Gasteiger partial charge in [-0.15, -0.1) is 0 Å². The smallest absolute Gasteiger partial charge is 0.310 e. The van der Waals surface area contributed by atoms with Gasteiger partial charge in [-0.25, -0.2) is 4.68 Å². The number of nitrogens with zero attached hydrogens (tertiary/aromatic N) is 2. The van der Waals surface area contributed by atoms with Crippen molar-refractivity contribution in [2.24, 2.45) is 5.92 Å². The highest BCUT2D eigenvalue weighted by molar-refractivity contribution is 5.77. The van der Waals surface area contributed by atoms with E-state index in [4.69, 9.17) is 9.15 Å². The highest BCUT2D eigenvalue weighted by atomic mass is 16.5. The first kappa shape index (κ1) is 15.7. The van der Waals surface area contributed by atoms with Crippen LogP contribution in [-0.4, -0.2) is 15.7 Å². The fourth-order valence-corrected chi connectivity index (χ4v) is 3.16. The first-order chi connectivity index (χ1) is 12.1. The van der Waals surface area contributed by atoms with Crippen molar-refractivity contribution in [3.63, 3.8) is 0 Å². The van der Waals surface area contributed by atoms with Crippen LogP contribution in [0.5, 0.6) is 0 Å². The van der Waals surface area contributed by atoms with E-state index in [1.165, 1.54) is 0 Å². The highest BCUT2D eigenvalue weighted by Gasteiger charge is 2.47. The Morgan fingerprint density at radius 1 is 1.28 bits per heavy atom. The fraction of sp³-hybridized carbons (Fsp3) is 0.300. The maximum absolute atomic E-state index is 12.1. The minimum Gasteiger partial charge on any atom is -0.469 e. The Morgan fingerprint density at radius 3 is 2.72 bits per heavy atom. The van der Waals surface area contributed by atoms with Gasteiger partial charge >= 0.3 is 5.97 Å². The second kappa shape index (κ2) is 6.24. The molecule has 0 spiro atoms. The van der Waals surface area contributed by atoms with Crippen LogP contribution in [0.15, 0.2) is 53.1 Å². The number of hydrogen-bond donors (Lipinski definition) is 0. The van der Waals surface area contributed by atoms with Crippen molar-refractivity contribution in [2.75, 3.05) is 0 Å². The largest absolute Gasteiger partial charge is 0.469 e. The highest BCUT2D eigenvalue weighted by Crippen LogP contribution is 2.48. The van der Waals surface area contributed by atoms with Crippen molar-refractivity contribution in [3.8, 4) is 5.69 Å². The molecule has 0 amide bonds. The van der Waals surface area contributed by atoms with Gasteiger partial charge in [0, 0.05) is 11.6 Å². The van der Waals surface area contributed by atoms with E-state index in [1.54, 1.807) is 6.26 Å². The summed E-state index contributed by atoms with van der Waals surface area (Å²) >= 11 is 0. The van der Waals surface area contributed by atoms with Crippen LogP contribution in [0.1, 0.15) is 35.1 Å². The molecule has 2 atom stereocenters. The molecule has 2 unspecified atom stereocenters. The van der Waals surface area contributed by atoms with Gasteiger partial charge in [-0.1, -0.05) is 12.1 Å². The van der Waals surface area contributed by atoms with E-state index < -0.39 is 0 Å². The van der Waals surface area contributed by atoms with Crippen molar-refractivity contribution in [3.05, 3.63) is 71.4 Å². The molecule has 1 fully saturated rings. The molecular formula is C20H20N2O3. The number of aryl methyl sites for hydroxylation is 2. The molecule has 0 saturated heterocycles. The Kier molecular flexibility index (Phi) is 3.92. The molecule has 2 aromatic heterocycles. The summed E-state index contributed by atoms with van der Waals surface area (Å²) in [5, 5.41) is 4.47. The summed E-state index contributed by atoms with van der Waals surface area (Å²) in [4.78, 5) is 12.1. The van der Waals surface area contributed by atoms with Gasteiger partial charge in [0.1, 0.15) is 12.4 Å². The molecular weight excluding hydrogens is 316 g/mol. The normalized spacial score (nSPS) is 19.0. The van der Waals surface area contributed by atoms with Crippen LogP contribution in [0.4, 0.5) is 0 Å². The monoisotopic (exact) mass is 336 g/mol. The summed E-state index contributed by atoms with van der Waals surface area (Å²) in [5.41, 5.74) is 4.05. The third-order valence-electron chi connectivity index (χ3n) is 4.57. The quantitative estimate of drug-likeness (QED) is 0.663. The zero-order valence-corrected chi connectivity index (χ0v) is 14.3. The average Bonchev–Trinajstić information content (AvgIpc) is 3.06. The SMILES string of the molecule is Cc1cc(C)n(-c2ccc(COC(=O)C3CC3c3ccco3)cc2)n1. The predicted molar refractivity (Wildman–Crippen MR) is 92.4 cm³/mol. The number of esters is 1. The lowest BCUT2D eigenvalue weighted by Gasteiger charge is -2.07. The summed E-state index contributed by atoms with van der Waals surface area (Å²) in [6, 6.07) is 13.7. The molecule has 5 nitrogen and oxygen atoms in total. The van der Waals surface area contributed by atoms with Crippen LogP contribution >= 0.6 is 0 Å². The molecule has 0 bridgehead atoms. The van der Waals surface area contributed by atoms with E-state index in [9.17, 15) is 4.79 Å². The number of rotatable bonds is 5. The van der Waals surface area contributed by atoms with E-state index in [2.05, 4.69) is 5.10 Å². The lowest BCUT2D eigenvalue weighted by Crippen LogP contribution is -2.08. The molecule has 0 radical (unpaired) electrons. The van der Waals surface area contributed by atoms with Crippen LogP contribution in [0, 0.1) is 19.8 Å². The minimum atomic E-state index is -0.149. The Balaban J connectivity index is 1.34. The minimum absolute atomic E-state index is 0.0693. The maximum atomic E-state index is 12.1. The number of hydrogen-bond acceptors (Lipinski definition) is 4. The lowest BCUT2D eigenvalue weighted by atomic mass is 10.2. The first-order valence-electron chi connectivity index (χ1n) is 8.44. The number of aromatic nitrogens is 2. The van der Waals surface area contributed by atoms with Crippen molar-refractivity contribution in [1.82, 2.24) is 9.78 Å². The summed E-state index contributed by atoms with van der Waals surface area (Å²) in [5.74, 6) is 0.830. The van der Waals surface area contributed by atoms with Gasteiger partial charge in [0.15, 0.2) is 0 Å². The van der Waals surface area contributed by atoms with Gasteiger partial charge in [-0.05, 0) is 56.2 Å². The van der Waals surface area contributed by atoms with Crippen molar-refractivity contribution in [2.45, 2.75) is 32.8 Å². The number of ether oxygens (including phenoxy) is 1.